The molecule has 0 saturated carbocycles. The van der Waals surface area contributed by atoms with E-state index < -0.39 is 11.6 Å². The Morgan fingerprint density at radius 2 is 2.09 bits per heavy atom. The van der Waals surface area contributed by atoms with Gasteiger partial charge in [-0.1, -0.05) is 16.8 Å². The van der Waals surface area contributed by atoms with Crippen molar-refractivity contribution in [3.8, 4) is 29.2 Å². The van der Waals surface area contributed by atoms with Crippen LogP contribution in [-0.2, 0) is 4.74 Å². The maximum Gasteiger partial charge on any atom is 0.293 e. The Morgan fingerprint density at radius 1 is 1.27 bits per heavy atom. The van der Waals surface area contributed by atoms with Crippen molar-refractivity contribution >= 4 is 28.2 Å². The topological polar surface area (TPSA) is 124 Å². The summed E-state index contributed by atoms with van der Waals surface area (Å²) < 4.78 is 19.3. The van der Waals surface area contributed by atoms with Gasteiger partial charge in [0.25, 0.3) is 11.4 Å². The molecular formula is C22H17ClN6O4. The fourth-order valence-electron chi connectivity index (χ4n) is 3.92. The fourth-order valence-corrected chi connectivity index (χ4v) is 4.12. The SMILES string of the molecule is COCC(C)n1c(=O)c2c(-c3noc(-c4ccc(C)o4)n3)ncn2c2ccc(Cl)c(C#N)c21. The van der Waals surface area contributed by atoms with E-state index in [1.165, 1.54) is 10.9 Å². The smallest absolute Gasteiger partial charge is 0.293 e. The van der Waals surface area contributed by atoms with E-state index in [0.29, 0.717) is 22.6 Å². The number of hydrogen-bond donors (Lipinski definition) is 0. The highest BCUT2D eigenvalue weighted by atomic mass is 35.5. The lowest BCUT2D eigenvalue weighted by Gasteiger charge is -2.19. The van der Waals surface area contributed by atoms with Crippen LogP contribution in [0.2, 0.25) is 5.02 Å². The second-order valence-electron chi connectivity index (χ2n) is 7.53. The predicted molar refractivity (Wildman–Crippen MR) is 119 cm³/mol. The first-order valence-corrected chi connectivity index (χ1v) is 10.4. The Balaban J connectivity index is 1.82. The highest BCUT2D eigenvalue weighted by Gasteiger charge is 2.25. The zero-order chi connectivity index (χ0) is 23.3. The number of benzene rings is 1. The summed E-state index contributed by atoms with van der Waals surface area (Å²) in [6.45, 7) is 3.88. The van der Waals surface area contributed by atoms with Crippen molar-refractivity contribution in [2.24, 2.45) is 0 Å². The van der Waals surface area contributed by atoms with Gasteiger partial charge in [-0.15, -0.1) is 0 Å². The van der Waals surface area contributed by atoms with E-state index in [-0.39, 0.29) is 40.1 Å². The first kappa shape index (κ1) is 20.9. The van der Waals surface area contributed by atoms with E-state index in [1.54, 1.807) is 42.7 Å². The van der Waals surface area contributed by atoms with Crippen LogP contribution in [-0.4, -0.2) is 37.8 Å². The molecule has 1 atom stereocenters. The Bertz CT molecular complexity index is 1620. The minimum atomic E-state index is -0.393. The minimum absolute atomic E-state index is 0.137. The van der Waals surface area contributed by atoms with E-state index in [2.05, 4.69) is 21.2 Å². The van der Waals surface area contributed by atoms with E-state index >= 15 is 0 Å². The van der Waals surface area contributed by atoms with Crippen molar-refractivity contribution < 1.29 is 13.7 Å². The predicted octanol–water partition coefficient (Wildman–Crippen LogP) is 4.00. The molecule has 0 N–H and O–H groups in total. The molecule has 166 valence electrons. The lowest BCUT2D eigenvalue weighted by Crippen LogP contribution is -2.28. The van der Waals surface area contributed by atoms with Crippen LogP contribution in [0.1, 0.15) is 24.3 Å². The van der Waals surface area contributed by atoms with Crippen LogP contribution in [0.4, 0.5) is 0 Å². The monoisotopic (exact) mass is 464 g/mol. The number of fused-ring (bicyclic) bond motifs is 3. The van der Waals surface area contributed by atoms with E-state index in [4.69, 9.17) is 25.3 Å². The quantitative estimate of drug-likeness (QED) is 0.382. The van der Waals surface area contributed by atoms with Crippen molar-refractivity contribution in [3.05, 3.63) is 57.3 Å². The Hall–Kier alpha value is -3.94. The summed E-state index contributed by atoms with van der Waals surface area (Å²) in [5, 5.41) is 14.0. The van der Waals surface area contributed by atoms with Gasteiger partial charge in [0.1, 0.15) is 29.4 Å². The summed E-state index contributed by atoms with van der Waals surface area (Å²) in [4.78, 5) is 22.5. The Morgan fingerprint density at radius 3 is 2.79 bits per heavy atom. The second kappa shape index (κ2) is 7.88. The van der Waals surface area contributed by atoms with Gasteiger partial charge < -0.3 is 13.7 Å². The molecule has 1 aromatic carbocycles. The highest BCUT2D eigenvalue weighted by Crippen LogP contribution is 2.30. The fraction of sp³-hybridized carbons (Fsp3) is 0.227. The van der Waals surface area contributed by atoms with Crippen LogP contribution >= 0.6 is 11.6 Å². The van der Waals surface area contributed by atoms with Crippen molar-refractivity contribution in [3.63, 3.8) is 0 Å². The molecule has 10 nitrogen and oxygen atoms in total. The number of aryl methyl sites for hydroxylation is 1. The number of imidazole rings is 1. The molecule has 0 aliphatic heterocycles. The Labute approximate surface area is 191 Å². The molecule has 0 spiro atoms. The number of ether oxygens (including phenoxy) is 1. The van der Waals surface area contributed by atoms with Crippen molar-refractivity contribution in [2.45, 2.75) is 19.9 Å². The van der Waals surface area contributed by atoms with Gasteiger partial charge in [0.2, 0.25) is 5.82 Å². The zero-order valence-corrected chi connectivity index (χ0v) is 18.6. The molecule has 1 unspecified atom stereocenters. The molecule has 0 aliphatic rings. The number of methoxy groups -OCH3 is 1. The van der Waals surface area contributed by atoms with Crippen LogP contribution < -0.4 is 5.56 Å². The summed E-state index contributed by atoms with van der Waals surface area (Å²) in [5.41, 5.74) is 1.26. The Kier molecular flexibility index (Phi) is 5.00. The van der Waals surface area contributed by atoms with Gasteiger partial charge in [0.15, 0.2) is 5.76 Å². The third-order valence-electron chi connectivity index (χ3n) is 5.34. The molecule has 4 heterocycles. The van der Waals surface area contributed by atoms with Gasteiger partial charge in [-0.25, -0.2) is 4.98 Å². The molecule has 0 aliphatic carbocycles. The second-order valence-corrected chi connectivity index (χ2v) is 7.93. The van der Waals surface area contributed by atoms with Crippen LogP contribution in [0, 0.1) is 18.3 Å². The average molecular weight is 465 g/mol. The molecule has 5 aromatic rings. The summed E-state index contributed by atoms with van der Waals surface area (Å²) in [6.07, 6.45) is 1.49. The third-order valence-corrected chi connectivity index (χ3v) is 5.66. The van der Waals surface area contributed by atoms with Crippen LogP contribution in [0.5, 0.6) is 0 Å². The van der Waals surface area contributed by atoms with E-state index in [0.717, 1.165) is 0 Å². The van der Waals surface area contributed by atoms with E-state index in [9.17, 15) is 10.1 Å². The number of rotatable bonds is 5. The average Bonchev–Trinajstić information content (AvgIpc) is 3.53. The van der Waals surface area contributed by atoms with Gasteiger partial charge in [0.05, 0.1) is 34.3 Å². The lowest BCUT2D eigenvalue weighted by atomic mass is 10.1. The number of halogens is 1. The maximum atomic E-state index is 13.8. The number of nitriles is 1. The van der Waals surface area contributed by atoms with E-state index in [1.807, 2.05) is 6.92 Å². The molecule has 0 saturated heterocycles. The van der Waals surface area contributed by atoms with Crippen LogP contribution in [0.25, 0.3) is 39.7 Å². The lowest BCUT2D eigenvalue weighted by molar-refractivity contribution is 0.162. The molecule has 4 aromatic heterocycles. The summed E-state index contributed by atoms with van der Waals surface area (Å²) in [6, 6.07) is 8.57. The summed E-state index contributed by atoms with van der Waals surface area (Å²) in [5.74, 6) is 1.43. The highest BCUT2D eigenvalue weighted by molar-refractivity contribution is 6.32. The van der Waals surface area contributed by atoms with Gasteiger partial charge in [0, 0.05) is 7.11 Å². The third kappa shape index (κ3) is 3.21. The van der Waals surface area contributed by atoms with Crippen molar-refractivity contribution in [1.29, 1.82) is 5.26 Å². The largest absolute Gasteiger partial charge is 0.456 e. The normalized spacial score (nSPS) is 12.5. The number of furan rings is 1. The molecule has 0 amide bonds. The standard InChI is InChI=1S/C22H17ClN6O4/c1-11(9-31-3)29-18-13(8-24)14(23)5-6-15(18)28-10-25-17(19(28)22(29)30)20-26-21(33-27-20)16-7-4-12(2)32-16/h4-7,10-11H,9H2,1-3H3. The van der Waals surface area contributed by atoms with Crippen LogP contribution in [0.15, 0.2) is 44.3 Å². The molecule has 11 heteroatoms. The molecule has 0 bridgehead atoms. The van der Waals surface area contributed by atoms with Crippen LogP contribution in [0.3, 0.4) is 0 Å². The molecule has 0 fully saturated rings. The molecule has 5 rings (SSSR count). The van der Waals surface area contributed by atoms with Gasteiger partial charge in [-0.3, -0.25) is 13.8 Å². The first-order valence-electron chi connectivity index (χ1n) is 9.98. The molecule has 33 heavy (non-hydrogen) atoms. The van der Waals surface area contributed by atoms with Gasteiger partial charge >= 0.3 is 0 Å². The molecule has 0 radical (unpaired) electrons. The van der Waals surface area contributed by atoms with Gasteiger partial charge in [-0.2, -0.15) is 10.2 Å². The maximum absolute atomic E-state index is 13.8. The first-order chi connectivity index (χ1) is 15.9. The molecular weight excluding hydrogens is 448 g/mol. The minimum Gasteiger partial charge on any atom is -0.456 e. The number of nitrogens with zero attached hydrogens (tertiary/aromatic N) is 6. The number of hydrogen-bond acceptors (Lipinski definition) is 8. The summed E-state index contributed by atoms with van der Waals surface area (Å²) in [7, 11) is 1.54. The van der Waals surface area contributed by atoms with Crippen molar-refractivity contribution in [1.82, 2.24) is 24.1 Å². The zero-order valence-electron chi connectivity index (χ0n) is 17.9. The van der Waals surface area contributed by atoms with Gasteiger partial charge in [-0.05, 0) is 38.1 Å². The van der Waals surface area contributed by atoms with Crippen molar-refractivity contribution in [2.75, 3.05) is 13.7 Å². The number of aromatic nitrogens is 5. The summed E-state index contributed by atoms with van der Waals surface area (Å²) >= 11 is 6.29.